The zero-order valence-corrected chi connectivity index (χ0v) is 13.1. The van der Waals surface area contributed by atoms with E-state index in [-0.39, 0.29) is 18.5 Å². The third kappa shape index (κ3) is 4.21. The lowest BCUT2D eigenvalue weighted by Crippen LogP contribution is -2.29. The molecule has 0 fully saturated rings. The van der Waals surface area contributed by atoms with Crippen LogP contribution < -0.4 is 10.6 Å². The lowest BCUT2D eigenvalue weighted by atomic mass is 10.2. The normalized spacial score (nSPS) is 12.2. The number of hydrogen-bond acceptors (Lipinski definition) is 3. The third-order valence-electron chi connectivity index (χ3n) is 2.74. The highest BCUT2D eigenvalue weighted by atomic mass is 35.5. The summed E-state index contributed by atoms with van der Waals surface area (Å²) < 4.78 is 0.745. The molecule has 0 aliphatic carbocycles. The molecule has 6 heteroatoms. The van der Waals surface area contributed by atoms with Crippen molar-refractivity contribution < 1.29 is 4.79 Å². The van der Waals surface area contributed by atoms with E-state index in [9.17, 15) is 4.79 Å². The number of carbonyl (C=O) groups excluding carboxylic acids is 1. The minimum atomic E-state index is -0.132. The molecule has 2 N–H and O–H groups in total. The summed E-state index contributed by atoms with van der Waals surface area (Å²) in [5.74, 6) is -0.132. The Hall–Kier alpha value is -1.07. The van der Waals surface area contributed by atoms with Crippen LogP contribution in [0.25, 0.3) is 0 Å². The predicted octanol–water partition coefficient (Wildman–Crippen LogP) is 4.34. The van der Waals surface area contributed by atoms with Crippen LogP contribution in [0.15, 0.2) is 36.4 Å². The third-order valence-corrected chi connectivity index (χ3v) is 4.48. The second-order valence-electron chi connectivity index (χ2n) is 4.27. The Balaban J connectivity index is 1.85. The fraction of sp³-hybridized carbons (Fsp3) is 0.214. The Bertz CT molecular complexity index is 600. The van der Waals surface area contributed by atoms with E-state index in [1.54, 1.807) is 12.1 Å². The maximum absolute atomic E-state index is 11.9. The number of thiophene rings is 1. The quantitative estimate of drug-likeness (QED) is 0.856. The number of halogens is 2. The first-order chi connectivity index (χ1) is 9.56. The van der Waals surface area contributed by atoms with Gasteiger partial charge in [0, 0.05) is 10.9 Å². The molecule has 3 nitrogen and oxygen atoms in total. The van der Waals surface area contributed by atoms with Crippen molar-refractivity contribution in [1.82, 2.24) is 5.32 Å². The fourth-order valence-electron chi connectivity index (χ4n) is 1.66. The first kappa shape index (κ1) is 15.3. The molecule has 0 radical (unpaired) electrons. The van der Waals surface area contributed by atoms with E-state index in [0.717, 1.165) is 9.21 Å². The summed E-state index contributed by atoms with van der Waals surface area (Å²) in [4.78, 5) is 12.9. The van der Waals surface area contributed by atoms with Crippen LogP contribution >= 0.6 is 34.5 Å². The molecule has 0 aliphatic rings. The molecule has 1 aromatic carbocycles. The van der Waals surface area contributed by atoms with Gasteiger partial charge in [0.2, 0.25) is 5.91 Å². The summed E-state index contributed by atoms with van der Waals surface area (Å²) in [5.41, 5.74) is 0.618. The molecule has 0 aliphatic heterocycles. The standard InChI is InChI=1S/C14H14Cl2N2OS/c1-9(12-6-7-13(16)20-12)17-8-14(19)18-11-5-3-2-4-10(11)15/h2-7,9,17H,8H2,1H3,(H,18,19). The molecule has 106 valence electrons. The van der Waals surface area contributed by atoms with Crippen molar-refractivity contribution in [2.45, 2.75) is 13.0 Å². The molecule has 0 saturated heterocycles. The summed E-state index contributed by atoms with van der Waals surface area (Å²) in [6.07, 6.45) is 0. The predicted molar refractivity (Wildman–Crippen MR) is 85.8 cm³/mol. The maximum atomic E-state index is 11.9. The number of anilines is 1. The number of nitrogens with one attached hydrogen (secondary N) is 2. The molecule has 2 aromatic rings. The van der Waals surface area contributed by atoms with Gasteiger partial charge >= 0.3 is 0 Å². The second kappa shape index (κ2) is 7.09. The molecule has 1 heterocycles. The molecule has 0 saturated carbocycles. The van der Waals surface area contributed by atoms with Crippen molar-refractivity contribution in [2.24, 2.45) is 0 Å². The summed E-state index contributed by atoms with van der Waals surface area (Å²) in [6, 6.07) is 11.0. The number of para-hydroxylation sites is 1. The zero-order chi connectivity index (χ0) is 14.5. The molecule has 1 amide bonds. The van der Waals surface area contributed by atoms with Gasteiger partial charge in [-0.15, -0.1) is 11.3 Å². The van der Waals surface area contributed by atoms with E-state index in [1.165, 1.54) is 11.3 Å². The van der Waals surface area contributed by atoms with Crippen molar-refractivity contribution in [1.29, 1.82) is 0 Å². The van der Waals surface area contributed by atoms with E-state index in [0.29, 0.717) is 10.7 Å². The number of carbonyl (C=O) groups is 1. The number of amides is 1. The fourth-order valence-corrected chi connectivity index (χ4v) is 2.94. The van der Waals surface area contributed by atoms with Gasteiger partial charge in [0.15, 0.2) is 0 Å². The van der Waals surface area contributed by atoms with Crippen LogP contribution in [0.1, 0.15) is 17.8 Å². The van der Waals surface area contributed by atoms with Crippen molar-refractivity contribution in [3.8, 4) is 0 Å². The van der Waals surface area contributed by atoms with Gasteiger partial charge in [-0.2, -0.15) is 0 Å². The smallest absolute Gasteiger partial charge is 0.238 e. The van der Waals surface area contributed by atoms with Gasteiger partial charge in [0.25, 0.3) is 0 Å². The minimum absolute atomic E-state index is 0.0736. The van der Waals surface area contributed by atoms with Crippen molar-refractivity contribution in [3.63, 3.8) is 0 Å². The molecule has 2 rings (SSSR count). The molecule has 0 spiro atoms. The molecular weight excluding hydrogens is 315 g/mol. The van der Waals surface area contributed by atoms with Crippen molar-refractivity contribution in [2.75, 3.05) is 11.9 Å². The van der Waals surface area contributed by atoms with Gasteiger partial charge in [-0.05, 0) is 31.2 Å². The first-order valence-corrected chi connectivity index (χ1v) is 7.66. The Kier molecular flexibility index (Phi) is 5.43. The van der Waals surface area contributed by atoms with Crippen LogP contribution in [0.3, 0.4) is 0 Å². The highest BCUT2D eigenvalue weighted by Crippen LogP contribution is 2.26. The van der Waals surface area contributed by atoms with Crippen LogP contribution in [0, 0.1) is 0 Å². The molecular formula is C14H14Cl2N2OS. The lowest BCUT2D eigenvalue weighted by molar-refractivity contribution is -0.115. The molecule has 1 atom stereocenters. The van der Waals surface area contributed by atoms with Gasteiger partial charge in [0.1, 0.15) is 0 Å². The lowest BCUT2D eigenvalue weighted by Gasteiger charge is -2.12. The topological polar surface area (TPSA) is 41.1 Å². The molecule has 20 heavy (non-hydrogen) atoms. The van der Waals surface area contributed by atoms with Crippen LogP contribution in [-0.4, -0.2) is 12.5 Å². The Morgan fingerprint density at radius 1 is 1.25 bits per heavy atom. The van der Waals surface area contributed by atoms with E-state index in [1.807, 2.05) is 31.2 Å². The zero-order valence-electron chi connectivity index (χ0n) is 10.8. The summed E-state index contributed by atoms with van der Waals surface area (Å²) >= 11 is 13.4. The monoisotopic (exact) mass is 328 g/mol. The van der Waals surface area contributed by atoms with Crippen molar-refractivity contribution in [3.05, 3.63) is 50.6 Å². The highest BCUT2D eigenvalue weighted by molar-refractivity contribution is 7.16. The molecule has 1 aromatic heterocycles. The van der Waals surface area contributed by atoms with Crippen LogP contribution in [0.5, 0.6) is 0 Å². The highest BCUT2D eigenvalue weighted by Gasteiger charge is 2.10. The SMILES string of the molecule is CC(NCC(=O)Nc1ccccc1Cl)c1ccc(Cl)s1. The van der Waals surface area contributed by atoms with E-state index >= 15 is 0 Å². The largest absolute Gasteiger partial charge is 0.324 e. The average Bonchev–Trinajstić information content (AvgIpc) is 2.85. The van der Waals surface area contributed by atoms with Crippen LogP contribution in [0.2, 0.25) is 9.36 Å². The maximum Gasteiger partial charge on any atom is 0.238 e. The van der Waals surface area contributed by atoms with Gasteiger partial charge in [0.05, 0.1) is 21.6 Å². The van der Waals surface area contributed by atoms with E-state index < -0.39 is 0 Å². The van der Waals surface area contributed by atoms with Crippen LogP contribution in [0.4, 0.5) is 5.69 Å². The van der Waals surface area contributed by atoms with E-state index in [2.05, 4.69) is 10.6 Å². The van der Waals surface area contributed by atoms with Gasteiger partial charge < -0.3 is 10.6 Å². The number of benzene rings is 1. The first-order valence-electron chi connectivity index (χ1n) is 6.09. The molecule has 0 bridgehead atoms. The van der Waals surface area contributed by atoms with Crippen LogP contribution in [-0.2, 0) is 4.79 Å². The average molecular weight is 329 g/mol. The van der Waals surface area contributed by atoms with Gasteiger partial charge in [-0.1, -0.05) is 35.3 Å². The number of rotatable bonds is 5. The summed E-state index contributed by atoms with van der Waals surface area (Å²) in [7, 11) is 0. The molecule has 1 unspecified atom stereocenters. The second-order valence-corrected chi connectivity index (χ2v) is 6.43. The van der Waals surface area contributed by atoms with Gasteiger partial charge in [-0.3, -0.25) is 4.79 Å². The van der Waals surface area contributed by atoms with Crippen molar-refractivity contribution >= 4 is 46.1 Å². The minimum Gasteiger partial charge on any atom is -0.324 e. The number of hydrogen-bond donors (Lipinski definition) is 2. The summed E-state index contributed by atoms with van der Waals surface area (Å²) in [5, 5.41) is 6.44. The van der Waals surface area contributed by atoms with E-state index in [4.69, 9.17) is 23.2 Å². The Labute approximate surface area is 131 Å². The van der Waals surface area contributed by atoms with Gasteiger partial charge in [-0.25, -0.2) is 0 Å². The Morgan fingerprint density at radius 3 is 2.65 bits per heavy atom. The Morgan fingerprint density at radius 2 is 2.00 bits per heavy atom. The summed E-state index contributed by atoms with van der Waals surface area (Å²) in [6.45, 7) is 2.20.